The van der Waals surface area contributed by atoms with Crippen LogP contribution in [0, 0.1) is 11.3 Å². The predicted octanol–water partition coefficient (Wildman–Crippen LogP) is 4.20. The molecule has 2 fully saturated rings. The van der Waals surface area contributed by atoms with E-state index in [9.17, 15) is 14.9 Å². The van der Waals surface area contributed by atoms with Crippen molar-refractivity contribution in [3.8, 4) is 23.3 Å². The Kier molecular flexibility index (Phi) is 8.66. The van der Waals surface area contributed by atoms with E-state index in [4.69, 9.17) is 18.9 Å². The Balaban J connectivity index is 1.63. The van der Waals surface area contributed by atoms with E-state index in [1.54, 1.807) is 21.9 Å². The molecule has 2 aliphatic rings. The average Bonchev–Trinajstić information content (AvgIpc) is 3.57. The lowest BCUT2D eigenvalue weighted by atomic mass is 10.1. The van der Waals surface area contributed by atoms with E-state index in [1.807, 2.05) is 51.1 Å². The van der Waals surface area contributed by atoms with Crippen molar-refractivity contribution < 1.29 is 28.5 Å². The fourth-order valence-electron chi connectivity index (χ4n) is 5.24. The molecule has 2 saturated heterocycles. The number of likely N-dealkylation sites (tertiary alicyclic amines) is 2. The molecule has 4 rings (SSSR count). The molecule has 39 heavy (non-hydrogen) atoms. The molecule has 0 unspecified atom stereocenters. The van der Waals surface area contributed by atoms with Gasteiger partial charge in [-0.15, -0.1) is 0 Å². The molecule has 0 aromatic heterocycles. The highest BCUT2D eigenvalue weighted by atomic mass is 16.5. The Hall–Kier alpha value is -3.77. The number of nitrogens with zero attached hydrogens (tertiary/aromatic N) is 3. The van der Waals surface area contributed by atoms with Crippen LogP contribution in [0.2, 0.25) is 0 Å². The molecule has 0 radical (unpaired) electrons. The summed E-state index contributed by atoms with van der Waals surface area (Å²) in [5, 5.41) is 9.56. The number of carbonyl (C=O) groups is 2. The van der Waals surface area contributed by atoms with Gasteiger partial charge in [0.2, 0.25) is 11.7 Å². The normalized spacial score (nSPS) is 21.0. The maximum absolute atomic E-state index is 13.9. The minimum absolute atomic E-state index is 0.214. The summed E-state index contributed by atoms with van der Waals surface area (Å²) in [7, 11) is 3.01. The summed E-state index contributed by atoms with van der Waals surface area (Å²) >= 11 is 0. The Morgan fingerprint density at radius 1 is 1.05 bits per heavy atom. The van der Waals surface area contributed by atoms with Crippen molar-refractivity contribution in [3.63, 3.8) is 0 Å². The van der Waals surface area contributed by atoms with Crippen molar-refractivity contribution in [1.29, 1.82) is 5.26 Å². The number of benzene rings is 2. The summed E-state index contributed by atoms with van der Waals surface area (Å²) in [6, 6.07) is 13.9. The molecule has 2 amide bonds. The Bertz CT molecular complexity index is 1190. The van der Waals surface area contributed by atoms with Gasteiger partial charge < -0.3 is 28.7 Å². The van der Waals surface area contributed by atoms with Crippen LogP contribution >= 0.6 is 0 Å². The molecule has 3 atom stereocenters. The largest absolute Gasteiger partial charge is 0.493 e. The molecule has 0 spiro atoms. The molecule has 2 heterocycles. The molecule has 9 nitrogen and oxygen atoms in total. The fourth-order valence-corrected chi connectivity index (χ4v) is 5.24. The smallest absolute Gasteiger partial charge is 0.254 e. The third-order valence-corrected chi connectivity index (χ3v) is 6.95. The topological polar surface area (TPSA) is 101 Å². The Labute approximate surface area is 230 Å². The SMILES string of the molecule is COc1cc(C(=O)N2C[C@H](OC(C)(C)C)C[C@H]2C(=O)N2CCC[C@H]2C#N)cc(OC)c1OCc1ccccc1. The lowest BCUT2D eigenvalue weighted by molar-refractivity contribution is -0.135. The van der Waals surface area contributed by atoms with Gasteiger partial charge in [0, 0.05) is 25.1 Å². The highest BCUT2D eigenvalue weighted by molar-refractivity contribution is 5.99. The molecular weight excluding hydrogens is 498 g/mol. The second-order valence-corrected chi connectivity index (χ2v) is 10.9. The van der Waals surface area contributed by atoms with Crippen molar-refractivity contribution in [1.82, 2.24) is 9.80 Å². The van der Waals surface area contributed by atoms with Gasteiger partial charge in [-0.2, -0.15) is 5.26 Å². The van der Waals surface area contributed by atoms with Crippen LogP contribution < -0.4 is 14.2 Å². The van der Waals surface area contributed by atoms with Gasteiger partial charge in [0.1, 0.15) is 18.7 Å². The third-order valence-electron chi connectivity index (χ3n) is 6.95. The number of carbonyl (C=O) groups excluding carboxylic acids is 2. The lowest BCUT2D eigenvalue weighted by Gasteiger charge is -2.29. The van der Waals surface area contributed by atoms with Crippen molar-refractivity contribution >= 4 is 11.8 Å². The average molecular weight is 536 g/mol. The molecule has 2 aromatic rings. The van der Waals surface area contributed by atoms with Crippen LogP contribution in [0.15, 0.2) is 42.5 Å². The molecule has 0 saturated carbocycles. The maximum Gasteiger partial charge on any atom is 0.254 e. The van der Waals surface area contributed by atoms with Gasteiger partial charge in [-0.3, -0.25) is 9.59 Å². The first kappa shape index (κ1) is 28.2. The van der Waals surface area contributed by atoms with E-state index < -0.39 is 17.7 Å². The van der Waals surface area contributed by atoms with Crippen molar-refractivity contribution in [2.45, 2.75) is 70.4 Å². The van der Waals surface area contributed by atoms with E-state index in [0.29, 0.717) is 48.8 Å². The minimum atomic E-state index is -0.732. The molecule has 2 aliphatic heterocycles. The van der Waals surface area contributed by atoms with Gasteiger partial charge in [0.05, 0.1) is 32.0 Å². The first-order valence-corrected chi connectivity index (χ1v) is 13.3. The van der Waals surface area contributed by atoms with E-state index in [2.05, 4.69) is 6.07 Å². The van der Waals surface area contributed by atoms with Crippen LogP contribution in [0.1, 0.15) is 56.0 Å². The lowest BCUT2D eigenvalue weighted by Crippen LogP contribution is -2.49. The molecule has 9 heteroatoms. The van der Waals surface area contributed by atoms with Crippen molar-refractivity contribution in [3.05, 3.63) is 53.6 Å². The molecule has 208 valence electrons. The highest BCUT2D eigenvalue weighted by Crippen LogP contribution is 2.40. The summed E-state index contributed by atoms with van der Waals surface area (Å²) in [4.78, 5) is 30.8. The van der Waals surface area contributed by atoms with Crippen molar-refractivity contribution in [2.24, 2.45) is 0 Å². The number of rotatable bonds is 8. The number of methoxy groups -OCH3 is 2. The van der Waals surface area contributed by atoms with Gasteiger partial charge in [-0.1, -0.05) is 30.3 Å². The van der Waals surface area contributed by atoms with E-state index in [-0.39, 0.29) is 24.5 Å². The number of hydrogen-bond donors (Lipinski definition) is 0. The Morgan fingerprint density at radius 3 is 2.31 bits per heavy atom. The Morgan fingerprint density at radius 2 is 1.72 bits per heavy atom. The third kappa shape index (κ3) is 6.45. The first-order valence-electron chi connectivity index (χ1n) is 13.3. The van der Waals surface area contributed by atoms with Gasteiger partial charge in [0.15, 0.2) is 11.5 Å². The number of amides is 2. The number of nitriles is 1. The number of hydrogen-bond acceptors (Lipinski definition) is 7. The van der Waals surface area contributed by atoms with E-state index in [0.717, 1.165) is 12.0 Å². The second-order valence-electron chi connectivity index (χ2n) is 10.9. The second kappa shape index (κ2) is 12.0. The van der Waals surface area contributed by atoms with Gasteiger partial charge in [-0.05, 0) is 51.3 Å². The minimum Gasteiger partial charge on any atom is -0.493 e. The zero-order chi connectivity index (χ0) is 28.2. The predicted molar refractivity (Wildman–Crippen MR) is 145 cm³/mol. The van der Waals surface area contributed by atoms with Crippen LogP contribution in [-0.2, 0) is 16.1 Å². The molecular formula is C30H37N3O6. The number of ether oxygens (including phenoxy) is 4. The highest BCUT2D eigenvalue weighted by Gasteiger charge is 2.45. The quantitative estimate of drug-likeness (QED) is 0.499. The molecule has 0 N–H and O–H groups in total. The van der Waals surface area contributed by atoms with Crippen LogP contribution in [0.3, 0.4) is 0 Å². The molecule has 0 aliphatic carbocycles. The van der Waals surface area contributed by atoms with E-state index >= 15 is 0 Å². The van der Waals surface area contributed by atoms with Crippen LogP contribution in [0.4, 0.5) is 0 Å². The van der Waals surface area contributed by atoms with E-state index in [1.165, 1.54) is 14.2 Å². The first-order chi connectivity index (χ1) is 18.6. The van der Waals surface area contributed by atoms with Gasteiger partial charge in [0.25, 0.3) is 5.91 Å². The summed E-state index contributed by atoms with van der Waals surface area (Å²) < 4.78 is 23.4. The summed E-state index contributed by atoms with van der Waals surface area (Å²) in [5.74, 6) is 0.531. The van der Waals surface area contributed by atoms with Crippen LogP contribution in [-0.4, -0.2) is 72.7 Å². The van der Waals surface area contributed by atoms with Crippen molar-refractivity contribution in [2.75, 3.05) is 27.3 Å². The summed E-state index contributed by atoms with van der Waals surface area (Å²) in [5.41, 5.74) is 0.843. The summed E-state index contributed by atoms with van der Waals surface area (Å²) in [6.45, 7) is 6.91. The fraction of sp³-hybridized carbons (Fsp3) is 0.500. The van der Waals surface area contributed by atoms with Gasteiger partial charge in [-0.25, -0.2) is 0 Å². The van der Waals surface area contributed by atoms with Crippen LogP contribution in [0.5, 0.6) is 17.2 Å². The monoisotopic (exact) mass is 535 g/mol. The molecule has 2 aromatic carbocycles. The zero-order valence-electron chi connectivity index (χ0n) is 23.3. The van der Waals surface area contributed by atoms with Crippen LogP contribution in [0.25, 0.3) is 0 Å². The zero-order valence-corrected chi connectivity index (χ0v) is 23.3. The molecule has 0 bridgehead atoms. The van der Waals surface area contributed by atoms with Gasteiger partial charge >= 0.3 is 0 Å². The standard InChI is InChI=1S/C30H37N3O6/c1-30(2,3)39-23-16-24(29(35)32-13-9-12-22(32)17-31)33(18-23)28(34)21-14-25(36-4)27(26(15-21)37-5)38-19-20-10-7-6-8-11-20/h6-8,10-11,14-15,22-24H,9,12-13,16,18-19H2,1-5H3/t22-,23+,24-/m0/s1. The summed E-state index contributed by atoms with van der Waals surface area (Å²) in [6.07, 6.45) is 1.46. The maximum atomic E-state index is 13.9.